The summed E-state index contributed by atoms with van der Waals surface area (Å²) in [4.78, 5) is 67.2. The first-order chi connectivity index (χ1) is 52.0. The van der Waals surface area contributed by atoms with E-state index in [0.29, 0.717) is 62.8 Å². The van der Waals surface area contributed by atoms with Crippen LogP contribution in [0.3, 0.4) is 0 Å². The second-order valence-electron chi connectivity index (χ2n) is 26.7. The third kappa shape index (κ3) is 13.8. The van der Waals surface area contributed by atoms with Crippen LogP contribution in [0, 0.1) is 35.0 Å². The molecule has 27 heteroatoms. The van der Waals surface area contributed by atoms with Crippen molar-refractivity contribution in [3.8, 4) is 29.1 Å². The van der Waals surface area contributed by atoms with Crippen LogP contribution in [-0.2, 0) is 58.6 Å². The number of carbonyl (C=O) groups excluding carboxylic acids is 2. The zero-order valence-corrected chi connectivity index (χ0v) is 60.9. The smallest absolute Gasteiger partial charge is 0.475 e. The van der Waals surface area contributed by atoms with E-state index in [9.17, 15) is 19.6 Å². The number of aromatic amines is 1. The quantitative estimate of drug-likeness (QED) is 0.0214. The van der Waals surface area contributed by atoms with Gasteiger partial charge in [0, 0.05) is 30.4 Å². The van der Waals surface area contributed by atoms with Gasteiger partial charge >= 0.3 is 7.82 Å². The molecule has 0 bridgehead atoms. The van der Waals surface area contributed by atoms with Gasteiger partial charge in [0.25, 0.3) is 11.5 Å². The van der Waals surface area contributed by atoms with Crippen molar-refractivity contribution in [2.75, 3.05) is 66.0 Å². The Morgan fingerprint density at radius 1 is 0.645 bits per heavy atom. The maximum Gasteiger partial charge on any atom is 0.475 e. The van der Waals surface area contributed by atoms with Crippen LogP contribution < -0.4 is 35.1 Å². The minimum Gasteiger partial charge on any atom is -0.497 e. The van der Waals surface area contributed by atoms with Crippen LogP contribution in [0.25, 0.3) is 22.3 Å². The monoisotopic (exact) mass is 1470 g/mol. The lowest BCUT2D eigenvalue weighted by Gasteiger charge is -2.40. The second-order valence-corrected chi connectivity index (χ2v) is 28.3. The van der Waals surface area contributed by atoms with Crippen molar-refractivity contribution in [3.05, 3.63) is 256 Å². The molecule has 2 aliphatic carbocycles. The van der Waals surface area contributed by atoms with Gasteiger partial charge < -0.3 is 47.8 Å². The predicted molar refractivity (Wildman–Crippen MR) is 395 cm³/mol. The number of hydrogen-bond donors (Lipinski definition) is 3. The number of nitriles is 1. The number of H-pyrrole nitrogens is 1. The maximum absolute atomic E-state index is 16.6. The molecule has 14 rings (SSSR count). The molecule has 3 fully saturated rings. The Hall–Kier alpha value is -11.0. The zero-order valence-electron chi connectivity index (χ0n) is 60.0. The molecule has 1 unspecified atom stereocenters. The van der Waals surface area contributed by atoms with Crippen LogP contribution in [0.1, 0.15) is 83.6 Å². The Morgan fingerprint density at radius 3 is 1.72 bits per heavy atom. The predicted octanol–water partition coefficient (Wildman–Crippen LogP) is 12.6. The average Bonchev–Trinajstić information content (AvgIpc) is 1.50. The number of anilines is 2. The summed E-state index contributed by atoms with van der Waals surface area (Å²) in [6, 6.07) is 60.6. The van der Waals surface area contributed by atoms with Crippen molar-refractivity contribution < 1.29 is 65.6 Å². The van der Waals surface area contributed by atoms with E-state index in [1.54, 1.807) is 72.9 Å². The number of benzene rings is 7. The zero-order chi connectivity index (χ0) is 74.6. The summed E-state index contributed by atoms with van der Waals surface area (Å²) >= 11 is 0. The van der Waals surface area contributed by atoms with Gasteiger partial charge in [-0.05, 0) is 106 Å². The molecule has 7 aromatic carbocycles. The first-order valence-electron chi connectivity index (χ1n) is 35.0. The van der Waals surface area contributed by atoms with Crippen LogP contribution in [0.15, 0.2) is 212 Å². The number of phosphoric acid groups is 1. The molecule has 10 atom stereocenters. The number of aromatic nitrogens is 8. The number of fused-ring (bicyclic) bond motifs is 3. The van der Waals surface area contributed by atoms with E-state index in [0.717, 1.165) is 16.7 Å². The second kappa shape index (κ2) is 30.8. The van der Waals surface area contributed by atoms with Gasteiger partial charge in [0.05, 0.1) is 85.0 Å². The third-order valence-corrected chi connectivity index (χ3v) is 22.1. The molecule has 1 aliphatic heterocycles. The average molecular weight is 1470 g/mol. The van der Waals surface area contributed by atoms with Gasteiger partial charge in [-0.15, -0.1) is 0 Å². The minimum absolute atomic E-state index is 0.00686. The van der Waals surface area contributed by atoms with Crippen LogP contribution in [-0.4, -0.2) is 131 Å². The van der Waals surface area contributed by atoms with Crippen molar-refractivity contribution >= 4 is 53.7 Å². The summed E-state index contributed by atoms with van der Waals surface area (Å²) in [5, 5.41) is 15.8. The molecule has 11 aromatic rings. The van der Waals surface area contributed by atoms with E-state index in [2.05, 4.69) is 31.7 Å². The van der Waals surface area contributed by atoms with Gasteiger partial charge in [-0.2, -0.15) is 10.2 Å². The molecule has 550 valence electrons. The highest BCUT2D eigenvalue weighted by molar-refractivity contribution is 7.48. The van der Waals surface area contributed by atoms with Crippen molar-refractivity contribution in [2.45, 2.75) is 81.0 Å². The minimum atomic E-state index is -4.96. The van der Waals surface area contributed by atoms with E-state index in [-0.39, 0.29) is 48.5 Å². The fourth-order valence-electron chi connectivity index (χ4n) is 15.2. The Bertz CT molecular complexity index is 5010. The number of hydrogen-bond acceptors (Lipinski definition) is 21. The Morgan fingerprint density at radius 2 is 1.18 bits per heavy atom. The number of rotatable bonds is 30. The molecule has 3 N–H and O–H groups in total. The molecule has 0 radical (unpaired) electrons. The summed E-state index contributed by atoms with van der Waals surface area (Å²) in [6.45, 7) is 4.43. The molecule has 4 aromatic heterocycles. The van der Waals surface area contributed by atoms with Crippen molar-refractivity contribution in [3.63, 3.8) is 0 Å². The first kappa shape index (κ1) is 72.9. The lowest BCUT2D eigenvalue weighted by atomic mass is 9.79. The maximum atomic E-state index is 16.6. The Balaban J connectivity index is 0.879. The van der Waals surface area contributed by atoms with Crippen LogP contribution in [0.2, 0.25) is 0 Å². The number of imidazole rings is 2. The van der Waals surface area contributed by atoms with E-state index < -0.39 is 96.9 Å². The topological polar surface area (TPSA) is 308 Å². The molecule has 26 nitrogen and oxygen atoms in total. The molecule has 1 saturated heterocycles. The summed E-state index contributed by atoms with van der Waals surface area (Å²) in [7, 11) is 2.89. The number of carbonyl (C=O) groups is 2. The van der Waals surface area contributed by atoms with Gasteiger partial charge in [-0.25, -0.2) is 24.5 Å². The molecule has 2 saturated carbocycles. The summed E-state index contributed by atoms with van der Waals surface area (Å²) in [6.07, 6.45) is -1.19. The van der Waals surface area contributed by atoms with E-state index in [1.807, 2.05) is 175 Å². The highest BCUT2D eigenvalue weighted by Gasteiger charge is 2.73. The number of nitrogens with zero attached hydrogens (tertiary/aromatic N) is 8. The molecular weight excluding hydrogens is 1390 g/mol. The highest BCUT2D eigenvalue weighted by Crippen LogP contribution is 2.71. The van der Waals surface area contributed by atoms with Crippen molar-refractivity contribution in [2.24, 2.45) is 23.7 Å². The SMILES string of the molecule is COc1ccc(C(OC[C@@H]2[C@@H](OP(=O)(OCCC#N)OC[C@H]3O[C@@H](n4cnc5c(=O)[nH]c(NC(=O)C(C)C)nc54)[C@H](OC(c4ccccc4)(c4ccc(OC)cc4)c4ccc(OC)cc4)[C@@H]3OC)[C@@H](C)[C@]3(n4cnc5c(NC(=O)c6ccccc6)ncnc54)C[C@@H]23)(c2ccccc2)c2ccc(OC)cc2)cc1. The summed E-state index contributed by atoms with van der Waals surface area (Å²) in [5.41, 5.74) is 1.01. The molecule has 107 heavy (non-hydrogen) atoms. The molecule has 2 amide bonds. The van der Waals surface area contributed by atoms with E-state index >= 15 is 4.57 Å². The van der Waals surface area contributed by atoms with Crippen LogP contribution in [0.5, 0.6) is 23.0 Å². The third-order valence-electron chi connectivity index (χ3n) is 20.6. The van der Waals surface area contributed by atoms with Gasteiger partial charge in [-0.1, -0.05) is 148 Å². The largest absolute Gasteiger partial charge is 0.497 e. The standard InChI is InChI=1S/C80H80N11O15P/c1-49(2)73(92)88-77-87-72-66(75(94)89-77)84-47-90(72)76-69(105-80(53-23-16-11-17-24-53,56-29-37-60(98-6)38-30-56)57-31-39-61(99-7)40-32-57)68(100-8)64(104-76)45-103-107(95,102-42-18-41-81)106-67-50(3)78(91-48-85-65-70(82-46-83-71(65)91)86-74(93)51-19-12-9-13-20-51)43-63(78)62(67)44-101-79(52-21-14-10-15-22-52,54-25-33-58(96-4)34-26-54)55-27-35-59(97-5)36-28-55/h9-17,19-40,46-50,62-64,67-69,76H,18,42-45H2,1-8H3,(H,82,83,86,93)(H2,87,88,89,92,94)/t50-,62+,63+,64-,67+,68-,69-,76-,78-,107?/m1/s1. The normalized spacial score (nSPS) is 21.0. The number of methoxy groups -OCH3 is 5. The molecule has 5 heterocycles. The van der Waals surface area contributed by atoms with Gasteiger partial charge in [0.2, 0.25) is 11.9 Å². The number of phosphoric ester groups is 1. The van der Waals surface area contributed by atoms with Crippen LogP contribution in [0.4, 0.5) is 11.8 Å². The van der Waals surface area contributed by atoms with Crippen molar-refractivity contribution in [1.82, 2.24) is 39.0 Å². The number of nitrogens with one attached hydrogen (secondary N) is 3. The van der Waals surface area contributed by atoms with Gasteiger partial charge in [-0.3, -0.25) is 42.8 Å². The van der Waals surface area contributed by atoms with Gasteiger partial charge in [0.15, 0.2) is 34.4 Å². The van der Waals surface area contributed by atoms with Crippen molar-refractivity contribution in [1.29, 1.82) is 5.26 Å². The molecule has 0 spiro atoms. The molecule has 3 aliphatic rings. The Labute approximate surface area is 616 Å². The van der Waals surface area contributed by atoms with E-state index in [1.165, 1.54) is 24.3 Å². The number of ether oxygens (including phenoxy) is 8. The Kier molecular flexibility index (Phi) is 21.0. The summed E-state index contributed by atoms with van der Waals surface area (Å²) < 4.78 is 92.5. The van der Waals surface area contributed by atoms with Crippen LogP contribution >= 0.6 is 7.82 Å². The lowest BCUT2D eigenvalue weighted by Crippen LogP contribution is -2.45. The summed E-state index contributed by atoms with van der Waals surface area (Å²) in [5.74, 6) is -0.312. The van der Waals surface area contributed by atoms with Gasteiger partial charge in [0.1, 0.15) is 58.8 Å². The highest BCUT2D eigenvalue weighted by atomic mass is 31.2. The molecular formula is C80H80N11O15P. The van der Waals surface area contributed by atoms with E-state index in [4.69, 9.17) is 66.4 Å². The fourth-order valence-corrected chi connectivity index (χ4v) is 16.6. The lowest BCUT2D eigenvalue weighted by molar-refractivity contribution is -0.126. The first-order valence-corrected chi connectivity index (χ1v) is 36.5. The fraction of sp³-hybridized carbons (Fsp3) is 0.312. The number of amides is 2.